The quantitative estimate of drug-likeness (QED) is 0.927. The number of morpholine rings is 1. The highest BCUT2D eigenvalue weighted by atomic mass is 35.5. The van der Waals surface area contributed by atoms with Gasteiger partial charge >= 0.3 is 0 Å². The molecule has 1 saturated heterocycles. The van der Waals surface area contributed by atoms with Gasteiger partial charge in [-0.05, 0) is 37.8 Å². The third-order valence-electron chi connectivity index (χ3n) is 4.23. The summed E-state index contributed by atoms with van der Waals surface area (Å²) in [5.74, 6) is 0.173. The van der Waals surface area contributed by atoms with Gasteiger partial charge in [0.15, 0.2) is 0 Å². The van der Waals surface area contributed by atoms with E-state index in [1.54, 1.807) is 11.3 Å². The minimum Gasteiger partial charge on any atom is -0.378 e. The van der Waals surface area contributed by atoms with Crippen LogP contribution in [0.15, 0.2) is 6.07 Å². The molecule has 2 atom stereocenters. The summed E-state index contributed by atoms with van der Waals surface area (Å²) in [7, 11) is 0. The number of nitrogens with zero attached hydrogens (tertiary/aromatic N) is 1. The van der Waals surface area contributed by atoms with Crippen LogP contribution in [0.5, 0.6) is 0 Å². The zero-order valence-corrected chi connectivity index (χ0v) is 13.8. The van der Waals surface area contributed by atoms with Gasteiger partial charge in [-0.1, -0.05) is 11.6 Å². The Bertz CT molecular complexity index is 514. The zero-order valence-electron chi connectivity index (χ0n) is 12.2. The lowest BCUT2D eigenvalue weighted by Crippen LogP contribution is -2.50. The number of carbonyl (C=O) groups excluding carboxylic acids is 1. The van der Waals surface area contributed by atoms with Crippen molar-refractivity contribution < 1.29 is 9.53 Å². The van der Waals surface area contributed by atoms with Crippen LogP contribution in [-0.4, -0.2) is 43.2 Å². The molecular weight excluding hydrogens is 308 g/mol. The zero-order chi connectivity index (χ0) is 14.8. The van der Waals surface area contributed by atoms with Crippen LogP contribution in [0.2, 0.25) is 4.34 Å². The Morgan fingerprint density at radius 1 is 1.52 bits per heavy atom. The molecule has 2 heterocycles. The first-order chi connectivity index (χ1) is 10.1. The fourth-order valence-electron chi connectivity index (χ4n) is 3.13. The lowest BCUT2D eigenvalue weighted by atomic mass is 9.93. The number of amides is 1. The van der Waals surface area contributed by atoms with Gasteiger partial charge < -0.3 is 9.64 Å². The molecule has 0 bridgehead atoms. The molecule has 2 aliphatic rings. The number of thiophene rings is 1. The second-order valence-corrected chi connectivity index (χ2v) is 7.47. The number of aryl methyl sites for hydroxylation is 1. The van der Waals surface area contributed by atoms with E-state index in [9.17, 15) is 4.79 Å². The topological polar surface area (TPSA) is 41.6 Å². The van der Waals surface area contributed by atoms with E-state index in [4.69, 9.17) is 16.3 Å². The lowest BCUT2D eigenvalue weighted by molar-refractivity contribution is -0.137. The third-order valence-corrected chi connectivity index (χ3v) is 5.57. The molecule has 1 fully saturated rings. The molecule has 3 rings (SSSR count). The van der Waals surface area contributed by atoms with Crippen molar-refractivity contribution in [2.24, 2.45) is 0 Å². The number of halogens is 1. The number of hydrogen-bond donors (Lipinski definition) is 1. The molecule has 1 aliphatic heterocycles. The summed E-state index contributed by atoms with van der Waals surface area (Å²) in [6.07, 6.45) is 3.33. The Hall–Kier alpha value is -0.620. The normalized spacial score (nSPS) is 23.7. The minimum absolute atomic E-state index is 0.169. The number of nitrogens with one attached hydrogen (secondary N) is 1. The molecule has 1 aliphatic carbocycles. The summed E-state index contributed by atoms with van der Waals surface area (Å²) >= 11 is 7.81. The highest BCUT2D eigenvalue weighted by Gasteiger charge is 2.28. The SMILES string of the molecule is CC(NC1CCCc2sc(Cl)cc21)C(=O)N1CCOCC1. The molecule has 0 saturated carbocycles. The number of hydrogen-bond acceptors (Lipinski definition) is 4. The number of fused-ring (bicyclic) bond motifs is 1. The van der Waals surface area contributed by atoms with Crippen molar-refractivity contribution in [2.45, 2.75) is 38.3 Å². The van der Waals surface area contributed by atoms with Crippen LogP contribution >= 0.6 is 22.9 Å². The summed E-state index contributed by atoms with van der Waals surface area (Å²) < 4.78 is 6.15. The van der Waals surface area contributed by atoms with Crippen molar-refractivity contribution in [3.05, 3.63) is 20.8 Å². The maximum Gasteiger partial charge on any atom is 0.239 e. The standard InChI is InChI=1S/C15H21ClN2O2S/c1-10(15(19)18-5-7-20-8-6-18)17-12-3-2-4-13-11(12)9-14(16)21-13/h9-10,12,17H,2-8H2,1H3. The Morgan fingerprint density at radius 2 is 2.29 bits per heavy atom. The van der Waals surface area contributed by atoms with E-state index >= 15 is 0 Å². The molecule has 21 heavy (non-hydrogen) atoms. The molecule has 1 amide bonds. The summed E-state index contributed by atoms with van der Waals surface area (Å²) in [5, 5.41) is 3.50. The predicted octanol–water partition coefficient (Wildman–Crippen LogP) is 2.62. The Kier molecular flexibility index (Phi) is 4.84. The summed E-state index contributed by atoms with van der Waals surface area (Å²) in [6, 6.07) is 2.14. The van der Waals surface area contributed by atoms with E-state index in [1.165, 1.54) is 10.4 Å². The van der Waals surface area contributed by atoms with E-state index in [2.05, 4.69) is 11.4 Å². The average molecular weight is 329 g/mol. The second kappa shape index (κ2) is 6.65. The molecule has 0 spiro atoms. The van der Waals surface area contributed by atoms with Crippen molar-refractivity contribution in [2.75, 3.05) is 26.3 Å². The third kappa shape index (κ3) is 3.42. The van der Waals surface area contributed by atoms with E-state index in [-0.39, 0.29) is 18.0 Å². The van der Waals surface area contributed by atoms with Gasteiger partial charge in [0.2, 0.25) is 5.91 Å². The van der Waals surface area contributed by atoms with Gasteiger partial charge in [-0.3, -0.25) is 10.1 Å². The van der Waals surface area contributed by atoms with Gasteiger partial charge in [-0.15, -0.1) is 11.3 Å². The Morgan fingerprint density at radius 3 is 3.05 bits per heavy atom. The van der Waals surface area contributed by atoms with Gasteiger partial charge in [-0.2, -0.15) is 0 Å². The fourth-order valence-corrected chi connectivity index (χ4v) is 4.51. The highest BCUT2D eigenvalue weighted by molar-refractivity contribution is 7.16. The van der Waals surface area contributed by atoms with Gasteiger partial charge in [-0.25, -0.2) is 0 Å². The summed E-state index contributed by atoms with van der Waals surface area (Å²) in [5.41, 5.74) is 1.29. The average Bonchev–Trinajstić information content (AvgIpc) is 2.88. The number of rotatable bonds is 3. The number of ether oxygens (including phenoxy) is 1. The van der Waals surface area contributed by atoms with Crippen molar-refractivity contribution in [1.82, 2.24) is 10.2 Å². The number of carbonyl (C=O) groups is 1. The van der Waals surface area contributed by atoms with Crippen LogP contribution in [0.3, 0.4) is 0 Å². The molecule has 1 aromatic heterocycles. The molecule has 1 N–H and O–H groups in total. The first-order valence-corrected chi connectivity index (χ1v) is 8.75. The molecule has 116 valence electrons. The largest absolute Gasteiger partial charge is 0.378 e. The van der Waals surface area contributed by atoms with E-state index in [0.717, 1.165) is 23.6 Å². The van der Waals surface area contributed by atoms with E-state index in [0.29, 0.717) is 26.3 Å². The summed E-state index contributed by atoms with van der Waals surface area (Å²) in [6.45, 7) is 4.65. The predicted molar refractivity (Wildman–Crippen MR) is 85.0 cm³/mol. The molecule has 6 heteroatoms. The maximum atomic E-state index is 12.5. The monoisotopic (exact) mass is 328 g/mol. The van der Waals surface area contributed by atoms with E-state index in [1.807, 2.05) is 11.8 Å². The highest BCUT2D eigenvalue weighted by Crippen LogP contribution is 2.38. The molecule has 0 radical (unpaired) electrons. The van der Waals surface area contributed by atoms with Crippen molar-refractivity contribution in [1.29, 1.82) is 0 Å². The van der Waals surface area contributed by atoms with Crippen LogP contribution in [0.1, 0.15) is 36.2 Å². The van der Waals surface area contributed by atoms with Crippen LogP contribution in [0.4, 0.5) is 0 Å². The van der Waals surface area contributed by atoms with Gasteiger partial charge in [0, 0.05) is 24.0 Å². The Balaban J connectivity index is 1.64. The first-order valence-electron chi connectivity index (χ1n) is 7.56. The molecule has 1 aromatic rings. The van der Waals surface area contributed by atoms with Gasteiger partial charge in [0.05, 0.1) is 23.6 Å². The minimum atomic E-state index is -0.169. The molecule has 0 aromatic carbocycles. The van der Waals surface area contributed by atoms with Gasteiger partial charge in [0.25, 0.3) is 0 Å². The van der Waals surface area contributed by atoms with Crippen molar-refractivity contribution in [3.8, 4) is 0 Å². The van der Waals surface area contributed by atoms with Crippen LogP contribution in [0.25, 0.3) is 0 Å². The van der Waals surface area contributed by atoms with Crippen LogP contribution in [-0.2, 0) is 16.0 Å². The van der Waals surface area contributed by atoms with Crippen LogP contribution in [0, 0.1) is 0 Å². The van der Waals surface area contributed by atoms with Crippen LogP contribution < -0.4 is 5.32 Å². The molecule has 4 nitrogen and oxygen atoms in total. The Labute approximate surface area is 134 Å². The van der Waals surface area contributed by atoms with E-state index < -0.39 is 0 Å². The summed E-state index contributed by atoms with van der Waals surface area (Å²) in [4.78, 5) is 15.7. The second-order valence-electron chi connectivity index (χ2n) is 5.70. The smallest absolute Gasteiger partial charge is 0.239 e. The first kappa shape index (κ1) is 15.3. The van der Waals surface area contributed by atoms with Crippen molar-refractivity contribution >= 4 is 28.8 Å². The molecule has 2 unspecified atom stereocenters. The fraction of sp³-hybridized carbons (Fsp3) is 0.667. The maximum absolute atomic E-state index is 12.5. The van der Waals surface area contributed by atoms with Crippen molar-refractivity contribution in [3.63, 3.8) is 0 Å². The lowest BCUT2D eigenvalue weighted by Gasteiger charge is -2.32. The molecular formula is C15H21ClN2O2S. The van der Waals surface area contributed by atoms with Gasteiger partial charge in [0.1, 0.15) is 0 Å².